The molecule has 1 heterocycles. The number of hydrogen-bond donors (Lipinski definition) is 1. The Hall–Kier alpha value is -1.95. The molecule has 1 N–H and O–H groups in total. The number of ether oxygens (including phenoxy) is 1. The molecular weight excluding hydrogens is 276 g/mol. The van der Waals surface area contributed by atoms with Crippen molar-refractivity contribution in [2.75, 3.05) is 12.4 Å². The van der Waals surface area contributed by atoms with Crippen LogP contribution in [-0.4, -0.2) is 17.1 Å². The van der Waals surface area contributed by atoms with Gasteiger partial charge in [-0.3, -0.25) is 0 Å². The predicted molar refractivity (Wildman–Crippen MR) is 67.3 cm³/mol. The summed E-state index contributed by atoms with van der Waals surface area (Å²) < 4.78 is 31.3. The second-order valence-electron chi connectivity index (χ2n) is 3.60. The van der Waals surface area contributed by atoms with Crippen molar-refractivity contribution in [3.63, 3.8) is 0 Å². The Bertz CT molecular complexity index is 575. The number of aromatic nitrogens is 2. The first-order chi connectivity index (χ1) is 9.11. The van der Waals surface area contributed by atoms with Crippen molar-refractivity contribution in [1.82, 2.24) is 9.97 Å². The number of nitrogens with zero attached hydrogens (tertiary/aromatic N) is 2. The average molecular weight is 286 g/mol. The zero-order chi connectivity index (χ0) is 13.8. The lowest BCUT2D eigenvalue weighted by atomic mass is 10.2. The van der Waals surface area contributed by atoms with Gasteiger partial charge >= 0.3 is 0 Å². The maximum absolute atomic E-state index is 13.5. The van der Waals surface area contributed by atoms with Crippen molar-refractivity contribution in [1.29, 1.82) is 0 Å². The van der Waals surface area contributed by atoms with E-state index in [9.17, 15) is 8.78 Å². The first-order valence-corrected chi connectivity index (χ1v) is 5.73. The molecule has 0 aliphatic rings. The van der Waals surface area contributed by atoms with Gasteiger partial charge in [0.15, 0.2) is 0 Å². The molecule has 0 saturated carbocycles. The molecule has 0 aliphatic carbocycles. The predicted octanol–water partition coefficient (Wildman–Crippen LogP) is 3.03. The van der Waals surface area contributed by atoms with Crippen LogP contribution in [0, 0.1) is 11.6 Å². The second kappa shape index (κ2) is 5.79. The molecule has 0 amide bonds. The molecule has 0 spiro atoms. The van der Waals surface area contributed by atoms with Crippen molar-refractivity contribution in [3.8, 4) is 5.88 Å². The molecule has 7 heteroatoms. The molecule has 0 atom stereocenters. The van der Waals surface area contributed by atoms with Crippen molar-refractivity contribution < 1.29 is 13.5 Å². The summed E-state index contributed by atoms with van der Waals surface area (Å²) in [5.74, 6) is -1.17. The lowest BCUT2D eigenvalue weighted by Crippen LogP contribution is -2.07. The zero-order valence-electron chi connectivity index (χ0n) is 9.95. The van der Waals surface area contributed by atoms with E-state index in [1.807, 2.05) is 0 Å². The molecule has 0 saturated heterocycles. The Morgan fingerprint density at radius 1 is 1.32 bits per heavy atom. The molecule has 2 aromatic rings. The van der Waals surface area contributed by atoms with Gasteiger partial charge in [0.1, 0.15) is 5.82 Å². The minimum absolute atomic E-state index is 0.0836. The van der Waals surface area contributed by atoms with E-state index in [0.717, 1.165) is 6.20 Å². The largest absolute Gasteiger partial charge is 0.479 e. The van der Waals surface area contributed by atoms with Crippen molar-refractivity contribution in [2.24, 2.45) is 0 Å². The number of anilines is 1. The van der Waals surface area contributed by atoms with Gasteiger partial charge in [-0.2, -0.15) is 9.37 Å². The van der Waals surface area contributed by atoms with Crippen LogP contribution in [0.15, 0.2) is 24.4 Å². The summed E-state index contributed by atoms with van der Waals surface area (Å²) in [5, 5.41) is 3.04. The van der Waals surface area contributed by atoms with Crippen molar-refractivity contribution in [2.45, 2.75) is 6.54 Å². The first kappa shape index (κ1) is 13.5. The SMILES string of the molecule is COc1nc(NCc2c(F)cccc2Cl)ncc1F. The van der Waals surface area contributed by atoms with Gasteiger partial charge in [0, 0.05) is 17.1 Å². The molecule has 0 radical (unpaired) electrons. The Morgan fingerprint density at radius 3 is 2.79 bits per heavy atom. The van der Waals surface area contributed by atoms with E-state index in [-0.39, 0.29) is 23.9 Å². The molecule has 0 fully saturated rings. The number of hydrogen-bond acceptors (Lipinski definition) is 4. The van der Waals surface area contributed by atoms with Gasteiger partial charge in [-0.05, 0) is 12.1 Å². The van der Waals surface area contributed by atoms with E-state index in [2.05, 4.69) is 15.3 Å². The van der Waals surface area contributed by atoms with E-state index >= 15 is 0 Å². The lowest BCUT2D eigenvalue weighted by Gasteiger charge is -2.08. The third kappa shape index (κ3) is 3.08. The van der Waals surface area contributed by atoms with E-state index in [1.165, 1.54) is 19.2 Å². The quantitative estimate of drug-likeness (QED) is 0.938. The third-order valence-corrected chi connectivity index (χ3v) is 2.74. The van der Waals surface area contributed by atoms with E-state index in [1.54, 1.807) is 6.07 Å². The van der Waals surface area contributed by atoms with Gasteiger partial charge in [0.2, 0.25) is 11.8 Å². The van der Waals surface area contributed by atoms with Gasteiger partial charge in [-0.1, -0.05) is 17.7 Å². The smallest absolute Gasteiger partial charge is 0.255 e. The molecule has 4 nitrogen and oxygen atoms in total. The van der Waals surface area contributed by atoms with Gasteiger partial charge in [0.05, 0.1) is 13.3 Å². The summed E-state index contributed by atoms with van der Waals surface area (Å²) in [6.07, 6.45) is 0.969. The molecule has 0 bridgehead atoms. The summed E-state index contributed by atoms with van der Waals surface area (Å²) in [4.78, 5) is 7.50. The second-order valence-corrected chi connectivity index (χ2v) is 4.01. The molecule has 0 aliphatic heterocycles. The minimum atomic E-state index is -0.669. The Balaban J connectivity index is 2.15. The van der Waals surface area contributed by atoms with E-state index in [4.69, 9.17) is 16.3 Å². The molecule has 100 valence electrons. The number of methoxy groups -OCH3 is 1. The van der Waals surface area contributed by atoms with Crippen LogP contribution in [-0.2, 0) is 6.54 Å². The summed E-state index contributed by atoms with van der Waals surface area (Å²) >= 11 is 5.87. The van der Waals surface area contributed by atoms with Gasteiger partial charge in [-0.25, -0.2) is 9.37 Å². The minimum Gasteiger partial charge on any atom is -0.479 e. The fraction of sp³-hybridized carbons (Fsp3) is 0.167. The molecular formula is C12H10ClF2N3O. The van der Waals surface area contributed by atoms with Crippen LogP contribution in [0.5, 0.6) is 5.88 Å². The van der Waals surface area contributed by atoms with Crippen LogP contribution in [0.2, 0.25) is 5.02 Å². The highest BCUT2D eigenvalue weighted by atomic mass is 35.5. The monoisotopic (exact) mass is 285 g/mol. The highest BCUT2D eigenvalue weighted by Gasteiger charge is 2.09. The van der Waals surface area contributed by atoms with Crippen LogP contribution >= 0.6 is 11.6 Å². The molecule has 19 heavy (non-hydrogen) atoms. The Morgan fingerprint density at radius 2 is 2.11 bits per heavy atom. The third-order valence-electron chi connectivity index (χ3n) is 2.39. The molecule has 1 aromatic heterocycles. The Labute approximate surface area is 113 Å². The standard InChI is InChI=1S/C12H10ClF2N3O/c1-19-11-10(15)6-17-12(18-11)16-5-7-8(13)3-2-4-9(7)14/h2-4,6H,5H2,1H3,(H,16,17,18). The molecule has 2 rings (SSSR count). The molecule has 1 aromatic carbocycles. The summed E-state index contributed by atoms with van der Waals surface area (Å²) in [6.45, 7) is 0.0836. The van der Waals surface area contributed by atoms with Crippen LogP contribution < -0.4 is 10.1 Å². The number of nitrogens with one attached hydrogen (secondary N) is 1. The summed E-state index contributed by atoms with van der Waals surface area (Å²) in [6, 6.07) is 4.39. The maximum atomic E-state index is 13.5. The number of halogens is 3. The average Bonchev–Trinajstić information content (AvgIpc) is 2.40. The van der Waals surface area contributed by atoms with Crippen molar-refractivity contribution >= 4 is 17.5 Å². The fourth-order valence-electron chi connectivity index (χ4n) is 1.45. The van der Waals surface area contributed by atoms with Gasteiger partial charge < -0.3 is 10.1 Å². The van der Waals surface area contributed by atoms with Gasteiger partial charge in [-0.15, -0.1) is 0 Å². The molecule has 0 unspecified atom stereocenters. The van der Waals surface area contributed by atoms with Crippen LogP contribution in [0.3, 0.4) is 0 Å². The normalized spacial score (nSPS) is 10.3. The summed E-state index contributed by atoms with van der Waals surface area (Å²) in [5.41, 5.74) is 0.288. The van der Waals surface area contributed by atoms with Gasteiger partial charge in [0.25, 0.3) is 5.88 Å². The highest BCUT2D eigenvalue weighted by molar-refractivity contribution is 6.31. The fourth-order valence-corrected chi connectivity index (χ4v) is 1.68. The lowest BCUT2D eigenvalue weighted by molar-refractivity contribution is 0.367. The van der Waals surface area contributed by atoms with Crippen molar-refractivity contribution in [3.05, 3.63) is 46.6 Å². The highest BCUT2D eigenvalue weighted by Crippen LogP contribution is 2.20. The van der Waals surface area contributed by atoms with E-state index in [0.29, 0.717) is 5.02 Å². The van der Waals surface area contributed by atoms with Crippen LogP contribution in [0.4, 0.5) is 14.7 Å². The van der Waals surface area contributed by atoms with Crippen LogP contribution in [0.1, 0.15) is 5.56 Å². The zero-order valence-corrected chi connectivity index (χ0v) is 10.7. The number of rotatable bonds is 4. The number of benzene rings is 1. The van der Waals surface area contributed by atoms with Crippen LogP contribution in [0.25, 0.3) is 0 Å². The topological polar surface area (TPSA) is 47.0 Å². The van der Waals surface area contributed by atoms with E-state index < -0.39 is 11.6 Å². The maximum Gasteiger partial charge on any atom is 0.255 e. The summed E-state index contributed by atoms with van der Waals surface area (Å²) in [7, 11) is 1.29. The first-order valence-electron chi connectivity index (χ1n) is 5.35. The Kier molecular flexibility index (Phi) is 4.11.